The van der Waals surface area contributed by atoms with Crippen molar-refractivity contribution in [1.29, 1.82) is 0 Å². The van der Waals surface area contributed by atoms with E-state index in [2.05, 4.69) is 10.0 Å². The van der Waals surface area contributed by atoms with Crippen LogP contribution in [0.25, 0.3) is 0 Å². The van der Waals surface area contributed by atoms with E-state index in [0.29, 0.717) is 31.8 Å². The highest BCUT2D eigenvalue weighted by atomic mass is 32.2. The Balaban J connectivity index is 2.06. The number of furan rings is 1. The molecular weight excluding hydrogens is 280 g/mol. The first-order chi connectivity index (χ1) is 9.32. The molecule has 1 aliphatic rings. The Morgan fingerprint density at radius 1 is 1.40 bits per heavy atom. The zero-order chi connectivity index (χ0) is 14.8. The van der Waals surface area contributed by atoms with Crippen molar-refractivity contribution in [3.05, 3.63) is 17.9 Å². The Labute approximate surface area is 119 Å². The van der Waals surface area contributed by atoms with Gasteiger partial charge in [-0.2, -0.15) is 0 Å². The lowest BCUT2D eigenvalue weighted by Crippen LogP contribution is -2.45. The third kappa shape index (κ3) is 3.82. The summed E-state index contributed by atoms with van der Waals surface area (Å²) in [6, 6.07) is 3.03. The van der Waals surface area contributed by atoms with Crippen LogP contribution in [-0.4, -0.2) is 33.7 Å². The van der Waals surface area contributed by atoms with Gasteiger partial charge in [0.2, 0.25) is 5.09 Å². The van der Waals surface area contributed by atoms with Crippen LogP contribution in [0.15, 0.2) is 21.6 Å². The molecule has 2 N–H and O–H groups in total. The van der Waals surface area contributed by atoms with Crippen molar-refractivity contribution < 1.29 is 17.6 Å². The molecule has 20 heavy (non-hydrogen) atoms. The van der Waals surface area contributed by atoms with Gasteiger partial charge in [0.25, 0.3) is 10.0 Å². The molecule has 7 heteroatoms. The van der Waals surface area contributed by atoms with Crippen molar-refractivity contribution in [3.63, 3.8) is 0 Å². The normalized spacial score (nSPS) is 22.9. The summed E-state index contributed by atoms with van der Waals surface area (Å²) in [5.41, 5.74) is -0.300. The topological polar surface area (TPSA) is 80.6 Å². The average Bonchev–Trinajstić information content (AvgIpc) is 2.77. The number of ether oxygens (including phenoxy) is 1. The van der Waals surface area contributed by atoms with E-state index in [1.807, 2.05) is 13.8 Å². The number of hydrogen-bond donors (Lipinski definition) is 2. The molecule has 114 valence electrons. The molecule has 6 nitrogen and oxygen atoms in total. The highest BCUT2D eigenvalue weighted by Crippen LogP contribution is 2.25. The van der Waals surface area contributed by atoms with Crippen molar-refractivity contribution in [2.75, 3.05) is 13.7 Å². The fourth-order valence-electron chi connectivity index (χ4n) is 2.38. The van der Waals surface area contributed by atoms with Crippen LogP contribution in [-0.2, 0) is 21.3 Å². The van der Waals surface area contributed by atoms with Crippen LogP contribution in [0.3, 0.4) is 0 Å². The Morgan fingerprint density at radius 2 is 2.15 bits per heavy atom. The Hall–Kier alpha value is -0.890. The van der Waals surface area contributed by atoms with E-state index >= 15 is 0 Å². The first-order valence-electron chi connectivity index (χ1n) is 6.72. The maximum Gasteiger partial charge on any atom is 0.274 e. The molecular formula is C13H22N2O4S. The number of nitrogens with one attached hydrogen (secondary N) is 2. The average molecular weight is 302 g/mol. The highest BCUT2D eigenvalue weighted by Gasteiger charge is 2.32. The maximum absolute atomic E-state index is 12.3. The van der Waals surface area contributed by atoms with Crippen molar-refractivity contribution in [2.45, 2.75) is 50.0 Å². The van der Waals surface area contributed by atoms with Gasteiger partial charge < -0.3 is 14.5 Å². The van der Waals surface area contributed by atoms with E-state index in [-0.39, 0.29) is 16.7 Å². The Morgan fingerprint density at radius 3 is 2.80 bits per heavy atom. The van der Waals surface area contributed by atoms with Gasteiger partial charge in [-0.3, -0.25) is 0 Å². The molecule has 0 amide bonds. The fourth-order valence-corrected chi connectivity index (χ4v) is 3.60. The van der Waals surface area contributed by atoms with Gasteiger partial charge in [-0.25, -0.2) is 13.1 Å². The van der Waals surface area contributed by atoms with Crippen LogP contribution in [0.5, 0.6) is 0 Å². The molecule has 0 aliphatic carbocycles. The van der Waals surface area contributed by atoms with Gasteiger partial charge in [0.1, 0.15) is 5.76 Å². The lowest BCUT2D eigenvalue weighted by atomic mass is 9.95. The van der Waals surface area contributed by atoms with Gasteiger partial charge in [-0.1, -0.05) is 0 Å². The maximum atomic E-state index is 12.3. The summed E-state index contributed by atoms with van der Waals surface area (Å²) in [6.45, 7) is 4.99. The molecule has 0 spiro atoms. The van der Waals surface area contributed by atoms with Crippen molar-refractivity contribution >= 4 is 10.0 Å². The van der Waals surface area contributed by atoms with Crippen molar-refractivity contribution in [2.24, 2.45) is 0 Å². The van der Waals surface area contributed by atoms with Crippen LogP contribution in [0.1, 0.15) is 32.4 Å². The van der Waals surface area contributed by atoms with E-state index in [0.717, 1.165) is 0 Å². The second-order valence-corrected chi connectivity index (χ2v) is 7.32. The second-order valence-electron chi connectivity index (χ2n) is 5.67. The van der Waals surface area contributed by atoms with E-state index in [1.165, 1.54) is 6.07 Å². The standard InChI is InChI=1S/C13H22N2O4S/c1-13(2)8-10(6-7-18-13)15-20(16,17)12-5-4-11(19-12)9-14-3/h4-5,10,14-15H,6-9H2,1-3H3. The molecule has 1 unspecified atom stereocenters. The quantitative estimate of drug-likeness (QED) is 0.855. The molecule has 0 radical (unpaired) electrons. The summed E-state index contributed by atoms with van der Waals surface area (Å²) in [5, 5.41) is 2.88. The summed E-state index contributed by atoms with van der Waals surface area (Å²) in [4.78, 5) is 0. The number of rotatable bonds is 5. The molecule has 1 aliphatic heterocycles. The molecule has 1 aromatic heterocycles. The Kier molecular flexibility index (Phi) is 4.53. The lowest BCUT2D eigenvalue weighted by Gasteiger charge is -2.35. The molecule has 1 aromatic rings. The molecule has 2 heterocycles. The molecule has 1 atom stereocenters. The highest BCUT2D eigenvalue weighted by molar-refractivity contribution is 7.89. The first kappa shape index (κ1) is 15.5. The van der Waals surface area contributed by atoms with Gasteiger partial charge in [0.15, 0.2) is 0 Å². The van der Waals surface area contributed by atoms with Crippen LogP contribution >= 0.6 is 0 Å². The van der Waals surface area contributed by atoms with Crippen molar-refractivity contribution in [1.82, 2.24) is 10.0 Å². The van der Waals surface area contributed by atoms with E-state index in [4.69, 9.17) is 9.15 Å². The predicted octanol–water partition coefficient (Wildman–Crippen LogP) is 1.23. The van der Waals surface area contributed by atoms with Crippen LogP contribution in [0, 0.1) is 0 Å². The van der Waals surface area contributed by atoms with Crippen molar-refractivity contribution in [3.8, 4) is 0 Å². The summed E-state index contributed by atoms with van der Waals surface area (Å²) >= 11 is 0. The van der Waals surface area contributed by atoms with E-state index in [1.54, 1.807) is 13.1 Å². The monoisotopic (exact) mass is 302 g/mol. The lowest BCUT2D eigenvalue weighted by molar-refractivity contribution is -0.0599. The summed E-state index contributed by atoms with van der Waals surface area (Å²) in [7, 11) is -1.83. The zero-order valence-corrected chi connectivity index (χ0v) is 12.9. The summed E-state index contributed by atoms with van der Waals surface area (Å²) < 4.78 is 38.1. The second kappa shape index (κ2) is 5.85. The van der Waals surface area contributed by atoms with Gasteiger partial charge in [0.05, 0.1) is 12.1 Å². The third-order valence-corrected chi connectivity index (χ3v) is 4.66. The van der Waals surface area contributed by atoms with Gasteiger partial charge >= 0.3 is 0 Å². The molecule has 0 bridgehead atoms. The minimum absolute atomic E-state index is 0.0351. The van der Waals surface area contributed by atoms with E-state index in [9.17, 15) is 8.42 Å². The zero-order valence-electron chi connectivity index (χ0n) is 12.1. The SMILES string of the molecule is CNCc1ccc(S(=O)(=O)NC2CCOC(C)(C)C2)o1. The summed E-state index contributed by atoms with van der Waals surface area (Å²) in [5.74, 6) is 0.597. The molecule has 2 rings (SSSR count). The van der Waals surface area contributed by atoms with Gasteiger partial charge in [-0.05, 0) is 45.9 Å². The minimum Gasteiger partial charge on any atom is -0.447 e. The largest absolute Gasteiger partial charge is 0.447 e. The molecule has 1 fully saturated rings. The third-order valence-electron chi connectivity index (χ3n) is 3.27. The number of sulfonamides is 1. The van der Waals surface area contributed by atoms with Gasteiger partial charge in [-0.15, -0.1) is 0 Å². The van der Waals surface area contributed by atoms with E-state index < -0.39 is 10.0 Å². The number of hydrogen-bond acceptors (Lipinski definition) is 5. The molecule has 0 saturated carbocycles. The fraction of sp³-hybridized carbons (Fsp3) is 0.692. The predicted molar refractivity (Wildman–Crippen MR) is 74.8 cm³/mol. The van der Waals surface area contributed by atoms with Crippen LogP contribution in [0.2, 0.25) is 0 Å². The van der Waals surface area contributed by atoms with Crippen LogP contribution < -0.4 is 10.0 Å². The minimum atomic E-state index is -3.61. The Bertz CT molecular complexity index is 550. The first-order valence-corrected chi connectivity index (χ1v) is 8.20. The van der Waals surface area contributed by atoms with Crippen LogP contribution in [0.4, 0.5) is 0 Å². The smallest absolute Gasteiger partial charge is 0.274 e. The summed E-state index contributed by atoms with van der Waals surface area (Å²) in [6.07, 6.45) is 1.32. The van der Waals surface area contributed by atoms with Gasteiger partial charge in [0, 0.05) is 12.6 Å². The molecule has 1 saturated heterocycles. The molecule has 0 aromatic carbocycles.